The number of halogens is 2. The number of carboxylic acids is 1. The highest BCUT2D eigenvalue weighted by Gasteiger charge is 2.17. The normalized spacial score (nSPS) is 10.6. The second kappa shape index (κ2) is 8.71. The lowest BCUT2D eigenvalue weighted by Crippen LogP contribution is -2.16. The molecule has 1 aromatic heterocycles. The Labute approximate surface area is 172 Å². The standard InChI is InChI=1S/C17H11Cl2N3O3S2/c18-10-5-6-13(19)9(7-10)8-26-17-22-21-16(27-17)20-14(23)11-3-1-2-4-12(11)15(24)25/h1-7H,8H2,(H,24,25)(H,20,21,23). The lowest BCUT2D eigenvalue weighted by Gasteiger charge is -2.04. The van der Waals surface area contributed by atoms with Crippen LogP contribution in [0, 0.1) is 0 Å². The van der Waals surface area contributed by atoms with Crippen molar-refractivity contribution in [1.29, 1.82) is 0 Å². The van der Waals surface area contributed by atoms with Crippen molar-refractivity contribution in [3.05, 3.63) is 69.2 Å². The van der Waals surface area contributed by atoms with Gasteiger partial charge in [-0.3, -0.25) is 10.1 Å². The molecule has 0 spiro atoms. The summed E-state index contributed by atoms with van der Waals surface area (Å²) in [4.78, 5) is 23.6. The molecular formula is C17H11Cl2N3O3S2. The van der Waals surface area contributed by atoms with E-state index >= 15 is 0 Å². The number of anilines is 1. The number of carbonyl (C=O) groups excluding carboxylic acids is 1. The molecule has 0 radical (unpaired) electrons. The van der Waals surface area contributed by atoms with Gasteiger partial charge in [0.2, 0.25) is 5.13 Å². The summed E-state index contributed by atoms with van der Waals surface area (Å²) >= 11 is 14.7. The molecule has 3 aromatic rings. The molecule has 0 saturated carbocycles. The van der Waals surface area contributed by atoms with Crippen molar-refractivity contribution >= 4 is 63.3 Å². The maximum Gasteiger partial charge on any atom is 0.336 e. The van der Waals surface area contributed by atoms with Crippen LogP contribution in [0.5, 0.6) is 0 Å². The van der Waals surface area contributed by atoms with Gasteiger partial charge in [-0.05, 0) is 35.9 Å². The summed E-state index contributed by atoms with van der Waals surface area (Å²) in [5.41, 5.74) is 0.843. The number of rotatable bonds is 6. The fourth-order valence-electron chi connectivity index (χ4n) is 2.14. The summed E-state index contributed by atoms with van der Waals surface area (Å²) in [6.07, 6.45) is 0. The zero-order valence-corrected chi connectivity index (χ0v) is 16.6. The number of hydrogen-bond acceptors (Lipinski definition) is 6. The van der Waals surface area contributed by atoms with Crippen LogP contribution in [0.2, 0.25) is 10.0 Å². The molecule has 0 aliphatic heterocycles. The van der Waals surface area contributed by atoms with Crippen molar-refractivity contribution in [2.24, 2.45) is 0 Å². The molecule has 138 valence electrons. The first kappa shape index (κ1) is 19.6. The van der Waals surface area contributed by atoms with Crippen molar-refractivity contribution in [2.45, 2.75) is 10.1 Å². The van der Waals surface area contributed by atoms with E-state index in [-0.39, 0.29) is 16.3 Å². The van der Waals surface area contributed by atoms with Crippen LogP contribution in [0.25, 0.3) is 0 Å². The minimum absolute atomic E-state index is 0.0557. The first-order chi connectivity index (χ1) is 12.9. The smallest absolute Gasteiger partial charge is 0.336 e. The number of nitrogens with zero attached hydrogens (tertiary/aromatic N) is 2. The molecular weight excluding hydrogens is 429 g/mol. The lowest BCUT2D eigenvalue weighted by atomic mass is 10.1. The number of aromatic nitrogens is 2. The van der Waals surface area contributed by atoms with Crippen LogP contribution < -0.4 is 5.32 Å². The molecule has 0 fully saturated rings. The predicted octanol–water partition coefficient (Wildman–Crippen LogP) is 5.09. The Hall–Kier alpha value is -2.13. The Morgan fingerprint density at radius 2 is 1.85 bits per heavy atom. The first-order valence-electron chi connectivity index (χ1n) is 7.48. The SMILES string of the molecule is O=C(O)c1ccccc1C(=O)Nc1nnc(SCc2cc(Cl)ccc2Cl)s1. The second-order valence-corrected chi connectivity index (χ2v) is 8.25. The van der Waals surface area contributed by atoms with E-state index in [0.717, 1.165) is 5.56 Å². The third-order valence-corrected chi connectivity index (χ3v) is 6.01. The highest BCUT2D eigenvalue weighted by atomic mass is 35.5. The molecule has 2 aromatic carbocycles. The van der Waals surface area contributed by atoms with E-state index in [1.165, 1.54) is 35.2 Å². The van der Waals surface area contributed by atoms with Gasteiger partial charge >= 0.3 is 5.97 Å². The Balaban J connectivity index is 1.67. The van der Waals surface area contributed by atoms with Crippen molar-refractivity contribution in [2.75, 3.05) is 5.32 Å². The fourth-order valence-corrected chi connectivity index (χ4v) is 4.34. The number of nitrogens with one attached hydrogen (secondary N) is 1. The second-order valence-electron chi connectivity index (χ2n) is 5.20. The summed E-state index contributed by atoms with van der Waals surface area (Å²) < 4.78 is 0.632. The summed E-state index contributed by atoms with van der Waals surface area (Å²) in [6, 6.07) is 11.2. The van der Waals surface area contributed by atoms with Gasteiger partial charge in [-0.2, -0.15) is 0 Å². The van der Waals surface area contributed by atoms with Gasteiger partial charge in [0.05, 0.1) is 11.1 Å². The zero-order valence-electron chi connectivity index (χ0n) is 13.5. The summed E-state index contributed by atoms with van der Waals surface area (Å²) in [6.45, 7) is 0. The van der Waals surface area contributed by atoms with Crippen LogP contribution in [-0.2, 0) is 5.75 Å². The van der Waals surface area contributed by atoms with Gasteiger partial charge in [-0.1, -0.05) is 58.4 Å². The van der Waals surface area contributed by atoms with Gasteiger partial charge in [0.1, 0.15) is 0 Å². The summed E-state index contributed by atoms with van der Waals surface area (Å²) in [7, 11) is 0. The minimum Gasteiger partial charge on any atom is -0.478 e. The summed E-state index contributed by atoms with van der Waals surface area (Å²) in [5, 5.41) is 21.2. The van der Waals surface area contributed by atoms with Crippen molar-refractivity contribution < 1.29 is 14.7 Å². The predicted molar refractivity (Wildman–Crippen MR) is 107 cm³/mol. The molecule has 0 atom stereocenters. The van der Waals surface area contributed by atoms with Crippen molar-refractivity contribution in [3.8, 4) is 0 Å². The average molecular weight is 440 g/mol. The maximum absolute atomic E-state index is 12.3. The van der Waals surface area contributed by atoms with Crippen LogP contribution in [0.1, 0.15) is 26.3 Å². The van der Waals surface area contributed by atoms with E-state index in [2.05, 4.69) is 15.5 Å². The van der Waals surface area contributed by atoms with E-state index < -0.39 is 11.9 Å². The average Bonchev–Trinajstić information content (AvgIpc) is 3.09. The molecule has 0 aliphatic carbocycles. The van der Waals surface area contributed by atoms with Gasteiger partial charge in [-0.25, -0.2) is 4.79 Å². The molecule has 6 nitrogen and oxygen atoms in total. The van der Waals surface area contributed by atoms with Gasteiger partial charge < -0.3 is 5.11 Å². The third kappa shape index (κ3) is 4.98. The van der Waals surface area contributed by atoms with Gasteiger partial charge in [-0.15, -0.1) is 10.2 Å². The number of aromatic carboxylic acids is 1. The van der Waals surface area contributed by atoms with Crippen LogP contribution in [0.15, 0.2) is 46.8 Å². The van der Waals surface area contributed by atoms with Crippen LogP contribution >= 0.6 is 46.3 Å². The maximum atomic E-state index is 12.3. The number of carbonyl (C=O) groups is 2. The van der Waals surface area contributed by atoms with E-state index in [4.69, 9.17) is 23.2 Å². The summed E-state index contributed by atoms with van der Waals surface area (Å²) in [5.74, 6) is -1.18. The zero-order chi connectivity index (χ0) is 19.4. The molecule has 0 unspecified atom stereocenters. The molecule has 10 heteroatoms. The highest BCUT2D eigenvalue weighted by Crippen LogP contribution is 2.31. The highest BCUT2D eigenvalue weighted by molar-refractivity contribution is 8.00. The Kier molecular flexibility index (Phi) is 6.33. The molecule has 2 N–H and O–H groups in total. The lowest BCUT2D eigenvalue weighted by molar-refractivity contribution is 0.0692. The number of benzene rings is 2. The van der Waals surface area contributed by atoms with E-state index in [1.807, 2.05) is 0 Å². The minimum atomic E-state index is -1.17. The Bertz CT molecular complexity index is 1010. The van der Waals surface area contributed by atoms with Gasteiger partial charge in [0.25, 0.3) is 5.91 Å². The topological polar surface area (TPSA) is 92.2 Å². The number of thioether (sulfide) groups is 1. The van der Waals surface area contributed by atoms with Crippen molar-refractivity contribution in [3.63, 3.8) is 0 Å². The largest absolute Gasteiger partial charge is 0.478 e. The van der Waals surface area contributed by atoms with Crippen molar-refractivity contribution in [1.82, 2.24) is 10.2 Å². The van der Waals surface area contributed by atoms with E-state index in [0.29, 0.717) is 20.1 Å². The molecule has 0 aliphatic rings. The van der Waals surface area contributed by atoms with Gasteiger partial charge in [0, 0.05) is 15.8 Å². The number of hydrogen-bond donors (Lipinski definition) is 2. The molecule has 0 saturated heterocycles. The monoisotopic (exact) mass is 439 g/mol. The fraction of sp³-hybridized carbons (Fsp3) is 0.0588. The van der Waals surface area contributed by atoms with Crippen LogP contribution in [-0.4, -0.2) is 27.2 Å². The molecule has 1 amide bonds. The van der Waals surface area contributed by atoms with Gasteiger partial charge in [0.15, 0.2) is 4.34 Å². The molecule has 3 rings (SSSR count). The Morgan fingerprint density at radius 3 is 2.59 bits per heavy atom. The molecule has 27 heavy (non-hydrogen) atoms. The van der Waals surface area contributed by atoms with Crippen LogP contribution in [0.4, 0.5) is 5.13 Å². The molecule has 0 bridgehead atoms. The molecule has 1 heterocycles. The number of carboxylic acid groups (broad SMARTS) is 1. The quantitative estimate of drug-likeness (QED) is 0.410. The van der Waals surface area contributed by atoms with Crippen LogP contribution in [0.3, 0.4) is 0 Å². The Morgan fingerprint density at radius 1 is 1.11 bits per heavy atom. The third-order valence-electron chi connectivity index (χ3n) is 3.39. The van der Waals surface area contributed by atoms with E-state index in [1.54, 1.807) is 30.3 Å². The van der Waals surface area contributed by atoms with E-state index in [9.17, 15) is 14.7 Å². The first-order valence-corrected chi connectivity index (χ1v) is 10.0. The number of amides is 1.